The van der Waals surface area contributed by atoms with Crippen LogP contribution in [-0.2, 0) is 14.8 Å². The third-order valence-corrected chi connectivity index (χ3v) is 9.47. The largest absolute Gasteiger partial charge is 0.481 e. The topological polar surface area (TPSA) is 78.9 Å². The second kappa shape index (κ2) is 13.3. The molecule has 42 heavy (non-hydrogen) atoms. The fourth-order valence-electron chi connectivity index (χ4n) is 5.34. The first-order chi connectivity index (χ1) is 20.3. The predicted molar refractivity (Wildman–Crippen MR) is 166 cm³/mol. The number of anilines is 1. The van der Waals surface area contributed by atoms with E-state index in [1.807, 2.05) is 74.5 Å². The summed E-state index contributed by atoms with van der Waals surface area (Å²) in [5, 5.41) is 2.86. The molecule has 0 aromatic heterocycles. The molecule has 1 unspecified atom stereocenters. The van der Waals surface area contributed by atoms with Gasteiger partial charge in [0.05, 0.1) is 10.9 Å². The van der Waals surface area contributed by atoms with E-state index in [9.17, 15) is 13.2 Å². The molecule has 1 atom stereocenters. The molecule has 218 valence electrons. The molecule has 0 spiro atoms. The number of sulfonamides is 1. The zero-order valence-electron chi connectivity index (χ0n) is 24.0. The number of ether oxygens (including phenoxy) is 1. The number of amides is 1. The molecular formula is C34H37N3O4S. The van der Waals surface area contributed by atoms with Crippen LogP contribution >= 0.6 is 0 Å². The van der Waals surface area contributed by atoms with Gasteiger partial charge in [-0.1, -0.05) is 79.7 Å². The van der Waals surface area contributed by atoms with Gasteiger partial charge in [0.2, 0.25) is 10.0 Å². The summed E-state index contributed by atoms with van der Waals surface area (Å²) in [6.45, 7) is 5.87. The number of hydrogen-bond acceptors (Lipinski definition) is 5. The van der Waals surface area contributed by atoms with Crippen LogP contribution in [0.1, 0.15) is 36.1 Å². The van der Waals surface area contributed by atoms with E-state index in [0.29, 0.717) is 44.0 Å². The van der Waals surface area contributed by atoms with Gasteiger partial charge < -0.3 is 10.1 Å². The van der Waals surface area contributed by atoms with Crippen molar-refractivity contribution >= 4 is 21.6 Å². The zero-order chi connectivity index (χ0) is 29.5. The Balaban J connectivity index is 1.22. The molecule has 1 N–H and O–H groups in total. The summed E-state index contributed by atoms with van der Waals surface area (Å²) in [6, 6.07) is 34.7. The van der Waals surface area contributed by atoms with Crippen molar-refractivity contribution < 1.29 is 17.9 Å². The molecule has 4 aromatic carbocycles. The molecule has 1 heterocycles. The van der Waals surface area contributed by atoms with Crippen LogP contribution in [0.25, 0.3) is 0 Å². The van der Waals surface area contributed by atoms with Gasteiger partial charge in [-0.25, -0.2) is 8.42 Å². The summed E-state index contributed by atoms with van der Waals surface area (Å²) in [6.07, 6.45) is -0.171. The minimum Gasteiger partial charge on any atom is -0.481 e. The number of piperazine rings is 1. The van der Waals surface area contributed by atoms with Crippen molar-refractivity contribution in [2.24, 2.45) is 0 Å². The highest BCUT2D eigenvalue weighted by molar-refractivity contribution is 7.89. The summed E-state index contributed by atoms with van der Waals surface area (Å²) >= 11 is 0. The van der Waals surface area contributed by atoms with Crippen molar-refractivity contribution in [3.8, 4) is 5.75 Å². The predicted octanol–water partition coefficient (Wildman–Crippen LogP) is 5.89. The second-order valence-corrected chi connectivity index (χ2v) is 12.4. The minimum absolute atomic E-state index is 0.0574. The van der Waals surface area contributed by atoms with Crippen LogP contribution in [0.4, 0.5) is 5.69 Å². The molecule has 1 saturated heterocycles. The lowest BCUT2D eigenvalue weighted by Gasteiger charge is -2.39. The van der Waals surface area contributed by atoms with Gasteiger partial charge in [0.1, 0.15) is 5.75 Å². The average molecular weight is 584 g/mol. The zero-order valence-corrected chi connectivity index (χ0v) is 24.8. The summed E-state index contributed by atoms with van der Waals surface area (Å²) in [5.74, 6) is 0.356. The Labute approximate surface area is 248 Å². The van der Waals surface area contributed by atoms with Crippen LogP contribution in [0.3, 0.4) is 0 Å². The Morgan fingerprint density at radius 2 is 1.40 bits per heavy atom. The summed E-state index contributed by atoms with van der Waals surface area (Å²) in [4.78, 5) is 15.4. The first kappa shape index (κ1) is 29.5. The van der Waals surface area contributed by atoms with Gasteiger partial charge in [0.25, 0.3) is 5.91 Å². The van der Waals surface area contributed by atoms with Gasteiger partial charge in [-0.05, 0) is 66.4 Å². The van der Waals surface area contributed by atoms with E-state index in [0.717, 1.165) is 5.56 Å². The first-order valence-corrected chi connectivity index (χ1v) is 15.8. The molecule has 4 aromatic rings. The Kier molecular flexibility index (Phi) is 9.37. The Bertz CT molecular complexity index is 1530. The molecule has 0 radical (unpaired) electrons. The quantitative estimate of drug-likeness (QED) is 0.252. The number of aryl methyl sites for hydroxylation is 1. The SMILES string of the molecule is CCC(Oc1cccc(C)c1)C(=O)Nc1ccc(S(=O)(=O)N2CCN(C(c3ccccc3)c3ccccc3)CC2)cc1. The highest BCUT2D eigenvalue weighted by Crippen LogP contribution is 2.30. The molecule has 0 saturated carbocycles. The van der Waals surface area contributed by atoms with Crippen LogP contribution in [0.15, 0.2) is 114 Å². The lowest BCUT2D eigenvalue weighted by molar-refractivity contribution is -0.122. The fraction of sp³-hybridized carbons (Fsp3) is 0.265. The smallest absolute Gasteiger partial charge is 0.265 e. The van der Waals surface area contributed by atoms with Gasteiger partial charge in [0.15, 0.2) is 6.10 Å². The normalized spacial score (nSPS) is 15.3. The van der Waals surface area contributed by atoms with Crippen LogP contribution in [-0.4, -0.2) is 55.8 Å². The summed E-state index contributed by atoms with van der Waals surface area (Å²) in [5.41, 5.74) is 3.94. The van der Waals surface area contributed by atoms with Crippen molar-refractivity contribution in [3.05, 3.63) is 126 Å². The minimum atomic E-state index is -3.68. The Hall–Kier alpha value is -3.98. The number of carbonyl (C=O) groups excluding carboxylic acids is 1. The van der Waals surface area contributed by atoms with Crippen molar-refractivity contribution in [2.75, 3.05) is 31.5 Å². The lowest BCUT2D eigenvalue weighted by atomic mass is 9.96. The van der Waals surface area contributed by atoms with Gasteiger partial charge in [-0.15, -0.1) is 0 Å². The molecule has 0 aliphatic carbocycles. The maximum atomic E-state index is 13.5. The molecule has 5 rings (SSSR count). The maximum absolute atomic E-state index is 13.5. The van der Waals surface area contributed by atoms with E-state index in [1.165, 1.54) is 11.1 Å². The lowest BCUT2D eigenvalue weighted by Crippen LogP contribution is -2.49. The van der Waals surface area contributed by atoms with Crippen molar-refractivity contribution in [1.29, 1.82) is 0 Å². The summed E-state index contributed by atoms with van der Waals surface area (Å²) < 4.78 is 34.5. The number of nitrogens with zero attached hydrogens (tertiary/aromatic N) is 2. The third kappa shape index (κ3) is 6.90. The highest BCUT2D eigenvalue weighted by atomic mass is 32.2. The van der Waals surface area contributed by atoms with Gasteiger partial charge >= 0.3 is 0 Å². The van der Waals surface area contributed by atoms with Crippen LogP contribution in [0, 0.1) is 6.92 Å². The second-order valence-electron chi connectivity index (χ2n) is 10.5. The van der Waals surface area contributed by atoms with E-state index in [-0.39, 0.29) is 16.8 Å². The van der Waals surface area contributed by atoms with Crippen molar-refractivity contribution in [2.45, 2.75) is 37.3 Å². The number of carbonyl (C=O) groups is 1. The van der Waals surface area contributed by atoms with Crippen molar-refractivity contribution in [3.63, 3.8) is 0 Å². The number of nitrogens with one attached hydrogen (secondary N) is 1. The molecule has 1 aliphatic rings. The van der Waals surface area contributed by atoms with Crippen LogP contribution in [0.2, 0.25) is 0 Å². The molecule has 8 heteroatoms. The number of benzene rings is 4. The maximum Gasteiger partial charge on any atom is 0.265 e. The molecule has 1 fully saturated rings. The molecule has 7 nitrogen and oxygen atoms in total. The monoisotopic (exact) mass is 583 g/mol. The van der Waals surface area contributed by atoms with E-state index < -0.39 is 16.1 Å². The molecule has 0 bridgehead atoms. The van der Waals surface area contributed by atoms with Gasteiger partial charge in [0, 0.05) is 31.9 Å². The standard InChI is InChI=1S/C34H37N3O4S/c1-3-32(41-30-16-10-11-26(2)25-30)34(38)35-29-17-19-31(20-18-29)42(39,40)37-23-21-36(22-24-37)33(27-12-6-4-7-13-27)28-14-8-5-9-15-28/h4-20,25,32-33H,3,21-24H2,1-2H3,(H,35,38). The summed E-state index contributed by atoms with van der Waals surface area (Å²) in [7, 11) is -3.68. The Morgan fingerprint density at radius 3 is 1.95 bits per heavy atom. The van der Waals surface area contributed by atoms with E-state index in [4.69, 9.17) is 4.74 Å². The molecular weight excluding hydrogens is 546 g/mol. The van der Waals surface area contributed by atoms with Crippen LogP contribution in [0.5, 0.6) is 5.75 Å². The van der Waals surface area contributed by atoms with Gasteiger partial charge in [-0.2, -0.15) is 4.31 Å². The number of hydrogen-bond donors (Lipinski definition) is 1. The van der Waals surface area contributed by atoms with Crippen molar-refractivity contribution in [1.82, 2.24) is 9.21 Å². The third-order valence-electron chi connectivity index (χ3n) is 7.56. The number of rotatable bonds is 10. The highest BCUT2D eigenvalue weighted by Gasteiger charge is 2.32. The Morgan fingerprint density at radius 1 is 0.810 bits per heavy atom. The fourth-order valence-corrected chi connectivity index (χ4v) is 6.77. The average Bonchev–Trinajstić information content (AvgIpc) is 3.01. The van der Waals surface area contributed by atoms with E-state index >= 15 is 0 Å². The first-order valence-electron chi connectivity index (χ1n) is 14.3. The van der Waals surface area contributed by atoms with Crippen LogP contribution < -0.4 is 10.1 Å². The molecule has 1 amide bonds. The van der Waals surface area contributed by atoms with E-state index in [1.54, 1.807) is 28.6 Å². The van der Waals surface area contributed by atoms with E-state index in [2.05, 4.69) is 34.5 Å². The van der Waals surface area contributed by atoms with Gasteiger partial charge in [-0.3, -0.25) is 9.69 Å². The molecule has 1 aliphatic heterocycles.